The Morgan fingerprint density at radius 2 is 0.796 bits per heavy atom. The number of hydrogen-bond acceptors (Lipinski definition) is 4. The van der Waals surface area contributed by atoms with E-state index in [1.165, 1.54) is 27.8 Å². The van der Waals surface area contributed by atoms with Crippen molar-refractivity contribution < 1.29 is 4.74 Å². The molecule has 0 amide bonds. The Hall–Kier alpha value is -6.65. The predicted molar refractivity (Wildman–Crippen MR) is 221 cm³/mol. The molecule has 8 rings (SSSR count). The minimum absolute atomic E-state index is 0.797. The van der Waals surface area contributed by atoms with Gasteiger partial charge in [0.2, 0.25) is 0 Å². The quantitative estimate of drug-likeness (QED) is 0.127. The van der Waals surface area contributed by atoms with Crippen LogP contribution in [0.3, 0.4) is 0 Å². The first kappa shape index (κ1) is 34.4. The number of aromatic nitrogens is 3. The van der Waals surface area contributed by atoms with E-state index in [2.05, 4.69) is 127 Å². The van der Waals surface area contributed by atoms with Crippen LogP contribution in [-0.2, 0) is 25.7 Å². The van der Waals surface area contributed by atoms with Crippen LogP contribution in [0, 0.1) is 0 Å². The topological polar surface area (TPSA) is 47.9 Å². The van der Waals surface area contributed by atoms with Crippen LogP contribution in [0.4, 0.5) is 0 Å². The van der Waals surface area contributed by atoms with Crippen molar-refractivity contribution in [3.05, 3.63) is 205 Å². The summed E-state index contributed by atoms with van der Waals surface area (Å²) >= 11 is 0. The summed E-state index contributed by atoms with van der Waals surface area (Å²) in [7, 11) is 1.73. The summed E-state index contributed by atoms with van der Waals surface area (Å²) in [5.74, 6) is 0.797. The number of aryl methyl sites for hydroxylation is 4. The van der Waals surface area contributed by atoms with Crippen LogP contribution in [0.2, 0.25) is 0 Å². The molecule has 3 heterocycles. The third kappa shape index (κ3) is 8.04. The molecule has 5 aromatic carbocycles. The molecule has 0 saturated carbocycles. The summed E-state index contributed by atoms with van der Waals surface area (Å²) in [6.45, 7) is 0. The lowest BCUT2D eigenvalue weighted by molar-refractivity contribution is 0.416. The van der Waals surface area contributed by atoms with E-state index in [-0.39, 0.29) is 0 Å². The summed E-state index contributed by atoms with van der Waals surface area (Å²) in [6, 6.07) is 57.3. The summed E-state index contributed by atoms with van der Waals surface area (Å²) < 4.78 is 6.00. The maximum Gasteiger partial charge on any atom is 0.130 e. The van der Waals surface area contributed by atoms with Crippen LogP contribution >= 0.6 is 0 Å². The van der Waals surface area contributed by atoms with E-state index >= 15 is 0 Å². The molecule has 0 aliphatic carbocycles. The first-order valence-electron chi connectivity index (χ1n) is 18.5. The molecule has 4 heteroatoms. The van der Waals surface area contributed by atoms with Gasteiger partial charge >= 0.3 is 0 Å². The second-order valence-corrected chi connectivity index (χ2v) is 13.6. The van der Waals surface area contributed by atoms with Crippen molar-refractivity contribution in [1.29, 1.82) is 0 Å². The normalized spacial score (nSPS) is 11.0. The average molecular weight is 700 g/mol. The molecule has 0 N–H and O–H groups in total. The average Bonchev–Trinajstić information content (AvgIpc) is 3.26. The number of hydrogen-bond donors (Lipinski definition) is 0. The molecule has 0 unspecified atom stereocenters. The molecule has 0 atom stereocenters. The first-order valence-corrected chi connectivity index (χ1v) is 18.5. The highest BCUT2D eigenvalue weighted by Gasteiger charge is 2.16. The van der Waals surface area contributed by atoms with Crippen molar-refractivity contribution in [2.75, 3.05) is 7.11 Å². The monoisotopic (exact) mass is 699 g/mol. The van der Waals surface area contributed by atoms with Gasteiger partial charge in [0.25, 0.3) is 0 Å². The van der Waals surface area contributed by atoms with Gasteiger partial charge in [0, 0.05) is 46.9 Å². The zero-order valence-corrected chi connectivity index (χ0v) is 30.4. The van der Waals surface area contributed by atoms with Gasteiger partial charge in [-0.2, -0.15) is 0 Å². The van der Waals surface area contributed by atoms with Crippen LogP contribution in [0.1, 0.15) is 22.3 Å². The summed E-state index contributed by atoms with van der Waals surface area (Å²) in [5.41, 5.74) is 15.6. The van der Waals surface area contributed by atoms with Crippen LogP contribution in [0.25, 0.3) is 56.0 Å². The van der Waals surface area contributed by atoms with Gasteiger partial charge in [-0.25, -0.2) is 0 Å². The third-order valence-electron chi connectivity index (χ3n) is 9.93. The van der Waals surface area contributed by atoms with E-state index in [1.807, 2.05) is 55.0 Å². The number of benzene rings is 5. The second kappa shape index (κ2) is 16.4. The molecule has 0 spiro atoms. The first-order chi connectivity index (χ1) is 26.7. The Balaban J connectivity index is 1.10. The SMILES string of the molecule is COc1cc(-c2ccccc2)ncc1-c1ccccc1-c1cc(CCc2ccc(-c3ccccc3)nc2)cc(CCc2ccc(-c3ccccc3)nc2)c1. The highest BCUT2D eigenvalue weighted by molar-refractivity contribution is 5.87. The number of nitrogens with zero attached hydrogens (tertiary/aromatic N) is 3. The van der Waals surface area contributed by atoms with Gasteiger partial charge in [0.05, 0.1) is 24.2 Å². The van der Waals surface area contributed by atoms with Crippen molar-refractivity contribution >= 4 is 0 Å². The standard InChI is InChI=1S/C50H41N3O/c1-54-50-32-49(42-17-9-4-10-18-42)53-35-46(50)45-20-12-11-19-44(45)43-30-38(23-21-36-25-27-47(51-33-36)40-13-5-2-6-14-40)29-39(31-43)24-22-37-26-28-48(52-34-37)41-15-7-3-8-16-41/h2-20,25-35H,21-24H2,1H3. The highest BCUT2D eigenvalue weighted by atomic mass is 16.5. The minimum Gasteiger partial charge on any atom is -0.496 e. The fraction of sp³-hybridized carbons (Fsp3) is 0.100. The molecule has 0 radical (unpaired) electrons. The Kier molecular flexibility index (Phi) is 10.4. The molecule has 54 heavy (non-hydrogen) atoms. The maximum absolute atomic E-state index is 6.00. The summed E-state index contributed by atoms with van der Waals surface area (Å²) in [5, 5.41) is 0. The van der Waals surface area contributed by atoms with Gasteiger partial charge in [0.15, 0.2) is 0 Å². The zero-order valence-electron chi connectivity index (χ0n) is 30.4. The summed E-state index contributed by atoms with van der Waals surface area (Å²) in [6.07, 6.45) is 9.59. The maximum atomic E-state index is 6.00. The second-order valence-electron chi connectivity index (χ2n) is 13.6. The van der Waals surface area contributed by atoms with E-state index < -0.39 is 0 Å². The number of ether oxygens (including phenoxy) is 1. The Morgan fingerprint density at radius 1 is 0.352 bits per heavy atom. The number of rotatable bonds is 12. The number of methoxy groups -OCH3 is 1. The number of pyridine rings is 3. The van der Waals surface area contributed by atoms with Gasteiger partial charge < -0.3 is 4.74 Å². The largest absolute Gasteiger partial charge is 0.496 e. The highest BCUT2D eigenvalue weighted by Crippen LogP contribution is 2.39. The van der Waals surface area contributed by atoms with Crippen molar-refractivity contribution in [1.82, 2.24) is 15.0 Å². The molecule has 8 aromatic rings. The van der Waals surface area contributed by atoms with Crippen molar-refractivity contribution in [3.8, 4) is 61.8 Å². The summed E-state index contributed by atoms with van der Waals surface area (Å²) in [4.78, 5) is 14.5. The van der Waals surface area contributed by atoms with Crippen LogP contribution in [-0.4, -0.2) is 22.1 Å². The van der Waals surface area contributed by atoms with E-state index in [9.17, 15) is 0 Å². The molecule has 262 valence electrons. The molecule has 0 aliphatic rings. The lowest BCUT2D eigenvalue weighted by atomic mass is 9.90. The molecule has 0 fully saturated rings. The Labute approximate surface area is 317 Å². The van der Waals surface area contributed by atoms with Gasteiger partial charge in [-0.05, 0) is 76.8 Å². The predicted octanol–water partition coefficient (Wildman–Crippen LogP) is 11.8. The fourth-order valence-corrected chi connectivity index (χ4v) is 7.03. The van der Waals surface area contributed by atoms with Gasteiger partial charge in [-0.15, -0.1) is 0 Å². The van der Waals surface area contributed by atoms with Crippen LogP contribution < -0.4 is 4.74 Å². The van der Waals surface area contributed by atoms with E-state index in [4.69, 9.17) is 19.7 Å². The molecular weight excluding hydrogens is 659 g/mol. The van der Waals surface area contributed by atoms with Crippen molar-refractivity contribution in [2.45, 2.75) is 25.7 Å². The van der Waals surface area contributed by atoms with Gasteiger partial charge in [-0.3, -0.25) is 15.0 Å². The molecule has 3 aromatic heterocycles. The molecule has 0 aliphatic heterocycles. The zero-order chi connectivity index (χ0) is 36.5. The van der Waals surface area contributed by atoms with E-state index in [0.29, 0.717) is 0 Å². The Bertz CT molecular complexity index is 2340. The van der Waals surface area contributed by atoms with Crippen molar-refractivity contribution in [3.63, 3.8) is 0 Å². The van der Waals surface area contributed by atoms with Gasteiger partial charge in [0.1, 0.15) is 5.75 Å². The molecular formula is C50H41N3O. The Morgan fingerprint density at radius 3 is 1.28 bits per heavy atom. The third-order valence-corrected chi connectivity index (χ3v) is 9.93. The molecule has 0 bridgehead atoms. The minimum atomic E-state index is 0.797. The van der Waals surface area contributed by atoms with Gasteiger partial charge in [-0.1, -0.05) is 146 Å². The van der Waals surface area contributed by atoms with Crippen molar-refractivity contribution in [2.24, 2.45) is 0 Å². The fourth-order valence-electron chi connectivity index (χ4n) is 7.03. The van der Waals surface area contributed by atoms with Crippen LogP contribution in [0.5, 0.6) is 5.75 Å². The lowest BCUT2D eigenvalue weighted by Gasteiger charge is -2.16. The van der Waals surface area contributed by atoms with E-state index in [1.54, 1.807) is 7.11 Å². The molecule has 4 nitrogen and oxygen atoms in total. The lowest BCUT2D eigenvalue weighted by Crippen LogP contribution is -1.99. The molecule has 0 saturated heterocycles. The smallest absolute Gasteiger partial charge is 0.130 e. The van der Waals surface area contributed by atoms with E-state index in [0.717, 1.165) is 81.9 Å². The van der Waals surface area contributed by atoms with Crippen LogP contribution in [0.15, 0.2) is 182 Å².